The molecule has 2 amide bonds. The minimum absolute atomic E-state index is 0.00703. The highest BCUT2D eigenvalue weighted by atomic mass is 19.1. The third-order valence-electron chi connectivity index (χ3n) is 5.61. The fraction of sp³-hybridized carbons (Fsp3) is 0.308. The first kappa shape index (κ1) is 26.7. The van der Waals surface area contributed by atoms with Gasteiger partial charge < -0.3 is 25.6 Å². The molecule has 0 saturated heterocycles. The first-order valence-corrected chi connectivity index (χ1v) is 11.5. The number of carbonyl (C=O) groups is 4. The Morgan fingerprint density at radius 2 is 1.72 bits per heavy atom. The van der Waals surface area contributed by atoms with Crippen LogP contribution in [0, 0.1) is 5.82 Å². The maximum absolute atomic E-state index is 13.3. The summed E-state index contributed by atoms with van der Waals surface area (Å²) in [4.78, 5) is 52.7. The molecule has 3 N–H and O–H groups in total. The Labute approximate surface area is 208 Å². The zero-order valence-corrected chi connectivity index (χ0v) is 20.2. The van der Waals surface area contributed by atoms with Crippen molar-refractivity contribution < 1.29 is 28.3 Å². The molecule has 0 unspecified atom stereocenters. The third kappa shape index (κ3) is 6.21. The summed E-state index contributed by atoms with van der Waals surface area (Å²) < 4.78 is 18.4. The van der Waals surface area contributed by atoms with Crippen molar-refractivity contribution in [2.45, 2.75) is 6.42 Å². The number of amides is 2. The van der Waals surface area contributed by atoms with Crippen LogP contribution in [0.5, 0.6) is 0 Å². The van der Waals surface area contributed by atoms with E-state index >= 15 is 0 Å². The van der Waals surface area contributed by atoms with Gasteiger partial charge in [-0.15, -0.1) is 0 Å². The molecule has 10 heteroatoms. The van der Waals surface area contributed by atoms with Gasteiger partial charge in [-0.05, 0) is 31.2 Å². The van der Waals surface area contributed by atoms with E-state index in [-0.39, 0.29) is 59.5 Å². The number of carbonyl (C=O) groups excluding carboxylic acids is 4. The lowest BCUT2D eigenvalue weighted by atomic mass is 9.89. The fourth-order valence-electron chi connectivity index (χ4n) is 3.83. The minimum atomic E-state index is -0.487. The Balaban J connectivity index is 1.60. The summed E-state index contributed by atoms with van der Waals surface area (Å²) >= 11 is 0. The van der Waals surface area contributed by atoms with Gasteiger partial charge in [0, 0.05) is 43.9 Å². The summed E-state index contributed by atoms with van der Waals surface area (Å²) in [5.41, 5.74) is 0.811. The summed E-state index contributed by atoms with van der Waals surface area (Å²) in [6, 6.07) is 11.9. The summed E-state index contributed by atoms with van der Waals surface area (Å²) in [6.45, 7) is 0.888. The molecule has 3 rings (SSSR count). The van der Waals surface area contributed by atoms with E-state index in [0.29, 0.717) is 19.5 Å². The molecule has 0 aliphatic heterocycles. The molecule has 1 aliphatic rings. The Hall–Kier alpha value is -3.89. The van der Waals surface area contributed by atoms with E-state index in [0.717, 1.165) is 6.07 Å². The van der Waals surface area contributed by atoms with Gasteiger partial charge >= 0.3 is 0 Å². The Morgan fingerprint density at radius 3 is 2.39 bits per heavy atom. The van der Waals surface area contributed by atoms with Gasteiger partial charge in [-0.1, -0.05) is 30.3 Å². The van der Waals surface area contributed by atoms with Crippen LogP contribution < -0.4 is 16.0 Å². The van der Waals surface area contributed by atoms with Crippen molar-refractivity contribution in [3.05, 3.63) is 82.4 Å². The van der Waals surface area contributed by atoms with Crippen LogP contribution in [0.1, 0.15) is 37.5 Å². The summed E-state index contributed by atoms with van der Waals surface area (Å²) in [5, 5.41) is 8.48. The Bertz CT molecular complexity index is 1180. The maximum Gasteiger partial charge on any atom is 0.251 e. The van der Waals surface area contributed by atoms with E-state index in [1.807, 2.05) is 0 Å². The van der Waals surface area contributed by atoms with Gasteiger partial charge in [0.1, 0.15) is 17.2 Å². The molecule has 0 heterocycles. The smallest absolute Gasteiger partial charge is 0.251 e. The van der Waals surface area contributed by atoms with Gasteiger partial charge in [-0.2, -0.15) is 0 Å². The number of methoxy groups -OCH3 is 1. The van der Waals surface area contributed by atoms with E-state index in [1.165, 1.54) is 37.3 Å². The second kappa shape index (κ2) is 12.7. The van der Waals surface area contributed by atoms with Gasteiger partial charge in [-0.3, -0.25) is 19.2 Å². The number of halogens is 1. The monoisotopic (exact) mass is 496 g/mol. The summed E-state index contributed by atoms with van der Waals surface area (Å²) in [5.74, 6) is -2.05. The molecule has 0 atom stereocenters. The second-order valence-corrected chi connectivity index (χ2v) is 8.01. The lowest BCUT2D eigenvalue weighted by Gasteiger charge is -2.30. The molecule has 0 bridgehead atoms. The van der Waals surface area contributed by atoms with E-state index < -0.39 is 17.5 Å². The average Bonchev–Trinajstić information content (AvgIpc) is 2.88. The normalized spacial score (nSPS) is 12.9. The van der Waals surface area contributed by atoms with Gasteiger partial charge in [0.2, 0.25) is 17.5 Å². The molecule has 2 aromatic carbocycles. The number of ether oxygens (including phenoxy) is 1. The molecule has 190 valence electrons. The first-order valence-electron chi connectivity index (χ1n) is 11.5. The number of hydrogen-bond acceptors (Lipinski definition) is 7. The number of nitrogens with one attached hydrogen (secondary N) is 3. The highest BCUT2D eigenvalue weighted by molar-refractivity contribution is 6.27. The van der Waals surface area contributed by atoms with Crippen LogP contribution in [-0.4, -0.2) is 75.2 Å². The third-order valence-corrected chi connectivity index (χ3v) is 5.61. The number of allylic oxidation sites excluding steroid dienone is 2. The molecule has 2 aromatic rings. The molecule has 0 fully saturated rings. The van der Waals surface area contributed by atoms with Crippen LogP contribution in [0.15, 0.2) is 59.9 Å². The molecule has 0 saturated carbocycles. The largest absolute Gasteiger partial charge is 0.383 e. The van der Waals surface area contributed by atoms with E-state index in [1.54, 1.807) is 24.3 Å². The molecule has 0 spiro atoms. The van der Waals surface area contributed by atoms with Crippen molar-refractivity contribution in [2.75, 3.05) is 46.9 Å². The first-order chi connectivity index (χ1) is 17.4. The molecular formula is C26H29FN4O5. The average molecular weight is 497 g/mol. The number of Topliss-reactive ketones (excluding diaryl/α,β-unsaturated/α-hetero) is 2. The van der Waals surface area contributed by atoms with Gasteiger partial charge in [0.05, 0.1) is 13.2 Å². The van der Waals surface area contributed by atoms with E-state index in [4.69, 9.17) is 4.74 Å². The number of benzene rings is 2. The summed E-state index contributed by atoms with van der Waals surface area (Å²) in [7, 11) is 3.01. The minimum Gasteiger partial charge on any atom is -0.383 e. The highest BCUT2D eigenvalue weighted by Crippen LogP contribution is 2.27. The van der Waals surface area contributed by atoms with Crippen molar-refractivity contribution in [1.29, 1.82) is 0 Å². The van der Waals surface area contributed by atoms with Crippen molar-refractivity contribution in [1.82, 2.24) is 20.9 Å². The molecule has 9 nitrogen and oxygen atoms in total. The number of fused-ring (bicyclic) bond motifs is 1. The van der Waals surface area contributed by atoms with E-state index in [2.05, 4.69) is 16.0 Å². The number of nitrogens with zero attached hydrogens (tertiary/aromatic N) is 1. The Morgan fingerprint density at radius 1 is 1.00 bits per heavy atom. The molecule has 36 heavy (non-hydrogen) atoms. The SMILES string of the molecule is CNC1=C(N(CCOC)C(=O)CNCCCNC(=O)c2cccc(F)c2)C(=O)c2ccccc2C1=O. The number of rotatable bonds is 12. The molecular weight excluding hydrogens is 467 g/mol. The highest BCUT2D eigenvalue weighted by Gasteiger charge is 2.36. The number of ketones is 2. The van der Waals surface area contributed by atoms with Gasteiger partial charge in [0.25, 0.3) is 5.91 Å². The van der Waals surface area contributed by atoms with Crippen LogP contribution in [0.2, 0.25) is 0 Å². The Kier molecular flexibility index (Phi) is 9.43. The van der Waals surface area contributed by atoms with Crippen molar-refractivity contribution in [3.63, 3.8) is 0 Å². The molecule has 0 aromatic heterocycles. The number of hydrogen-bond donors (Lipinski definition) is 3. The van der Waals surface area contributed by atoms with Crippen LogP contribution in [0.3, 0.4) is 0 Å². The molecule has 1 aliphatic carbocycles. The van der Waals surface area contributed by atoms with Crippen molar-refractivity contribution >= 4 is 23.4 Å². The summed E-state index contributed by atoms with van der Waals surface area (Å²) in [6.07, 6.45) is 0.516. The maximum atomic E-state index is 13.3. The quantitative estimate of drug-likeness (QED) is 0.382. The van der Waals surface area contributed by atoms with Crippen LogP contribution in [0.4, 0.5) is 4.39 Å². The van der Waals surface area contributed by atoms with Gasteiger partial charge in [0.15, 0.2) is 0 Å². The molecule has 0 radical (unpaired) electrons. The lowest BCUT2D eigenvalue weighted by molar-refractivity contribution is -0.128. The zero-order chi connectivity index (χ0) is 26.1. The number of likely N-dealkylation sites (N-methyl/N-ethyl adjacent to an activating group) is 1. The zero-order valence-electron chi connectivity index (χ0n) is 20.2. The van der Waals surface area contributed by atoms with Gasteiger partial charge in [-0.25, -0.2) is 4.39 Å². The predicted octanol–water partition coefficient (Wildman–Crippen LogP) is 1.52. The van der Waals surface area contributed by atoms with Crippen LogP contribution >= 0.6 is 0 Å². The predicted molar refractivity (Wildman–Crippen MR) is 131 cm³/mol. The fourth-order valence-corrected chi connectivity index (χ4v) is 3.83. The topological polar surface area (TPSA) is 117 Å². The standard InChI is InChI=1S/C26H29FN4O5/c1-28-22-23(25(34)20-10-4-3-9-19(20)24(22)33)31(13-14-36-2)21(32)16-29-11-6-12-30-26(35)17-7-5-8-18(27)15-17/h3-5,7-10,15,28-29H,6,11-14,16H2,1-2H3,(H,30,35). The van der Waals surface area contributed by atoms with Crippen LogP contribution in [-0.2, 0) is 9.53 Å². The second-order valence-electron chi connectivity index (χ2n) is 8.01. The van der Waals surface area contributed by atoms with Crippen molar-refractivity contribution in [3.8, 4) is 0 Å². The van der Waals surface area contributed by atoms with Crippen molar-refractivity contribution in [2.24, 2.45) is 0 Å². The van der Waals surface area contributed by atoms with E-state index in [9.17, 15) is 23.6 Å². The van der Waals surface area contributed by atoms with Crippen LogP contribution in [0.25, 0.3) is 0 Å². The lowest BCUT2D eigenvalue weighted by Crippen LogP contribution is -2.45.